The summed E-state index contributed by atoms with van der Waals surface area (Å²) in [5.41, 5.74) is -1.41. The molecule has 100 valence electrons. The molecular formula is C12H23O4P. The van der Waals surface area contributed by atoms with Crippen molar-refractivity contribution in [3.63, 3.8) is 0 Å². The highest BCUT2D eigenvalue weighted by Crippen LogP contribution is 2.61. The summed E-state index contributed by atoms with van der Waals surface area (Å²) >= 11 is 0. The molecule has 4 nitrogen and oxygen atoms in total. The Labute approximate surface area is 104 Å². The van der Waals surface area contributed by atoms with Gasteiger partial charge in [-0.2, -0.15) is 0 Å². The molecule has 0 bridgehead atoms. The van der Waals surface area contributed by atoms with Crippen LogP contribution in [0.2, 0.25) is 0 Å². The fourth-order valence-electron chi connectivity index (χ4n) is 2.55. The molecule has 0 aromatic heterocycles. The van der Waals surface area contributed by atoms with Gasteiger partial charge in [-0.25, -0.2) is 0 Å². The quantitative estimate of drug-likeness (QED) is 0.565. The molecule has 5 heteroatoms. The molecule has 0 aromatic carbocycles. The molecule has 0 unspecified atom stereocenters. The molecule has 1 aliphatic rings. The van der Waals surface area contributed by atoms with Crippen LogP contribution in [0.1, 0.15) is 39.5 Å². The van der Waals surface area contributed by atoms with Crippen molar-refractivity contribution in [1.82, 2.24) is 0 Å². The molecule has 1 rings (SSSR count). The second-order valence-corrected chi connectivity index (χ2v) is 6.60. The molecule has 1 saturated carbocycles. The van der Waals surface area contributed by atoms with Crippen molar-refractivity contribution < 1.29 is 18.7 Å². The van der Waals surface area contributed by atoms with E-state index < -0.39 is 18.9 Å². The topological polar surface area (TPSA) is 55.8 Å². The monoisotopic (exact) mass is 262 g/mol. The highest BCUT2D eigenvalue weighted by molar-refractivity contribution is 7.54. The van der Waals surface area contributed by atoms with Crippen LogP contribution in [-0.4, -0.2) is 29.6 Å². The summed E-state index contributed by atoms with van der Waals surface area (Å²) in [6.45, 7) is 7.88. The van der Waals surface area contributed by atoms with Gasteiger partial charge in [-0.15, -0.1) is 6.58 Å². The van der Waals surface area contributed by atoms with Gasteiger partial charge in [0.1, 0.15) is 0 Å². The molecule has 0 aromatic rings. The van der Waals surface area contributed by atoms with Crippen LogP contribution in [0.3, 0.4) is 0 Å². The normalized spacial score (nSPS) is 29.5. The molecule has 0 heterocycles. The Balaban J connectivity index is 2.93. The van der Waals surface area contributed by atoms with Gasteiger partial charge in [0, 0.05) is 0 Å². The summed E-state index contributed by atoms with van der Waals surface area (Å²) in [5.74, 6) is 0. The second kappa shape index (κ2) is 6.14. The largest absolute Gasteiger partial charge is 0.389 e. The molecule has 0 radical (unpaired) electrons. The Bertz CT molecular complexity index is 295. The number of aliphatic hydroxyl groups is 1. The second-order valence-electron chi connectivity index (χ2n) is 4.38. The van der Waals surface area contributed by atoms with E-state index >= 15 is 0 Å². The van der Waals surface area contributed by atoms with E-state index in [0.717, 1.165) is 6.42 Å². The van der Waals surface area contributed by atoms with Gasteiger partial charge >= 0.3 is 7.60 Å². The standard InChI is InChI=1S/C12H23O4P/c1-4-9-12(13)10-7-8-11(12)17(14,15-5-2)16-6-3/h4,11,13H,1,5-10H2,2-3H3/t11-,12+/m1/s1. The van der Waals surface area contributed by atoms with Crippen LogP contribution in [0, 0.1) is 0 Å². The zero-order chi connectivity index (χ0) is 12.9. The Morgan fingerprint density at radius 1 is 1.47 bits per heavy atom. The van der Waals surface area contributed by atoms with E-state index in [2.05, 4.69) is 6.58 Å². The molecular weight excluding hydrogens is 239 g/mol. The molecule has 2 atom stereocenters. The lowest BCUT2D eigenvalue weighted by Crippen LogP contribution is -2.37. The summed E-state index contributed by atoms with van der Waals surface area (Å²) in [6.07, 6.45) is 4.26. The summed E-state index contributed by atoms with van der Waals surface area (Å²) < 4.78 is 23.3. The first-order valence-corrected chi connectivity index (χ1v) is 7.85. The van der Waals surface area contributed by atoms with Gasteiger partial charge in [-0.1, -0.05) is 6.08 Å². The third-order valence-electron chi connectivity index (χ3n) is 3.21. The molecule has 1 aliphatic carbocycles. The van der Waals surface area contributed by atoms with Gasteiger partial charge < -0.3 is 14.2 Å². The van der Waals surface area contributed by atoms with Crippen molar-refractivity contribution in [2.45, 2.75) is 50.8 Å². The average molecular weight is 262 g/mol. The van der Waals surface area contributed by atoms with Crippen LogP contribution >= 0.6 is 7.60 Å². The van der Waals surface area contributed by atoms with Crippen molar-refractivity contribution in [1.29, 1.82) is 0 Å². The number of hydrogen-bond acceptors (Lipinski definition) is 4. The zero-order valence-electron chi connectivity index (χ0n) is 10.7. The lowest BCUT2D eigenvalue weighted by molar-refractivity contribution is 0.0429. The fourth-order valence-corrected chi connectivity index (χ4v) is 5.03. The lowest BCUT2D eigenvalue weighted by atomic mass is 9.98. The van der Waals surface area contributed by atoms with Gasteiger partial charge in [0.15, 0.2) is 0 Å². The van der Waals surface area contributed by atoms with E-state index in [9.17, 15) is 9.67 Å². The van der Waals surface area contributed by atoms with Crippen LogP contribution in [-0.2, 0) is 13.6 Å². The van der Waals surface area contributed by atoms with E-state index in [1.54, 1.807) is 19.9 Å². The van der Waals surface area contributed by atoms with Crippen LogP contribution in [0.5, 0.6) is 0 Å². The Morgan fingerprint density at radius 3 is 2.53 bits per heavy atom. The minimum absolute atomic E-state index is 0.331. The summed E-state index contributed by atoms with van der Waals surface area (Å²) in [4.78, 5) is 0. The Hall–Kier alpha value is -0.150. The summed E-state index contributed by atoms with van der Waals surface area (Å²) in [5, 5.41) is 10.5. The smallest absolute Gasteiger partial charge is 0.336 e. The maximum absolute atomic E-state index is 12.7. The van der Waals surface area contributed by atoms with Crippen molar-refractivity contribution in [3.05, 3.63) is 12.7 Å². The molecule has 0 aliphatic heterocycles. The maximum atomic E-state index is 12.7. The van der Waals surface area contributed by atoms with E-state index in [1.165, 1.54) is 0 Å². The SMILES string of the molecule is C=CC[C@]1(O)CCC[C@H]1P(=O)(OCC)OCC. The number of hydrogen-bond donors (Lipinski definition) is 1. The molecule has 1 N–H and O–H groups in total. The van der Waals surface area contributed by atoms with Crippen LogP contribution in [0.25, 0.3) is 0 Å². The molecule has 17 heavy (non-hydrogen) atoms. The van der Waals surface area contributed by atoms with E-state index in [1.807, 2.05) is 0 Å². The van der Waals surface area contributed by atoms with Gasteiger partial charge in [0.2, 0.25) is 0 Å². The van der Waals surface area contributed by atoms with Crippen LogP contribution < -0.4 is 0 Å². The molecule has 1 fully saturated rings. The van der Waals surface area contributed by atoms with Crippen LogP contribution in [0.15, 0.2) is 12.7 Å². The van der Waals surface area contributed by atoms with E-state index in [-0.39, 0.29) is 0 Å². The van der Waals surface area contributed by atoms with Crippen molar-refractivity contribution in [2.75, 3.05) is 13.2 Å². The summed E-state index contributed by atoms with van der Waals surface area (Å²) in [7, 11) is -3.22. The number of rotatable bonds is 7. The Morgan fingerprint density at radius 2 is 2.06 bits per heavy atom. The van der Waals surface area contributed by atoms with E-state index in [0.29, 0.717) is 32.5 Å². The molecule has 0 spiro atoms. The Kier molecular flexibility index (Phi) is 5.39. The van der Waals surface area contributed by atoms with Gasteiger partial charge in [0.25, 0.3) is 0 Å². The van der Waals surface area contributed by atoms with Gasteiger partial charge in [0.05, 0.1) is 24.5 Å². The summed E-state index contributed by atoms with van der Waals surface area (Å²) in [6, 6.07) is 0. The maximum Gasteiger partial charge on any atom is 0.336 e. The van der Waals surface area contributed by atoms with Gasteiger partial charge in [-0.3, -0.25) is 4.57 Å². The highest BCUT2D eigenvalue weighted by atomic mass is 31.2. The first-order valence-electron chi connectivity index (χ1n) is 6.24. The predicted molar refractivity (Wildman–Crippen MR) is 68.3 cm³/mol. The van der Waals surface area contributed by atoms with Crippen molar-refractivity contribution >= 4 is 7.60 Å². The van der Waals surface area contributed by atoms with Crippen LogP contribution in [0.4, 0.5) is 0 Å². The highest BCUT2D eigenvalue weighted by Gasteiger charge is 2.52. The molecule has 0 amide bonds. The molecule has 0 saturated heterocycles. The lowest BCUT2D eigenvalue weighted by Gasteiger charge is -2.33. The third-order valence-corrected chi connectivity index (χ3v) is 5.94. The minimum atomic E-state index is -3.22. The minimum Gasteiger partial charge on any atom is -0.389 e. The zero-order valence-corrected chi connectivity index (χ0v) is 11.6. The predicted octanol–water partition coefficient (Wildman–Crippen LogP) is 3.11. The van der Waals surface area contributed by atoms with Crippen molar-refractivity contribution in [3.8, 4) is 0 Å². The first kappa shape index (κ1) is 14.9. The third kappa shape index (κ3) is 3.19. The van der Waals surface area contributed by atoms with Crippen molar-refractivity contribution in [2.24, 2.45) is 0 Å². The average Bonchev–Trinajstić information content (AvgIpc) is 2.62. The van der Waals surface area contributed by atoms with E-state index in [4.69, 9.17) is 9.05 Å². The first-order chi connectivity index (χ1) is 8.02. The fraction of sp³-hybridized carbons (Fsp3) is 0.833. The van der Waals surface area contributed by atoms with Gasteiger partial charge in [-0.05, 0) is 39.5 Å².